The van der Waals surface area contributed by atoms with Crippen molar-refractivity contribution in [2.75, 3.05) is 24.3 Å². The Kier molecular flexibility index (Phi) is 7.22. The minimum atomic E-state index is 0.0733. The normalized spacial score (nSPS) is 15.7. The first kappa shape index (κ1) is 22.5. The van der Waals surface area contributed by atoms with Crippen molar-refractivity contribution in [3.05, 3.63) is 61.2 Å². The Bertz CT molecular complexity index is 1110. The molecule has 0 saturated carbocycles. The highest BCUT2D eigenvalue weighted by molar-refractivity contribution is 8.00. The number of benzene rings is 2. The van der Waals surface area contributed by atoms with Gasteiger partial charge in [0.2, 0.25) is 5.91 Å². The molecule has 0 spiro atoms. The molecule has 0 bridgehead atoms. The second-order valence-corrected chi connectivity index (χ2v) is 9.85. The summed E-state index contributed by atoms with van der Waals surface area (Å²) < 4.78 is 7.47. The summed E-state index contributed by atoms with van der Waals surface area (Å²) in [6.45, 7) is 7.34. The SMILES string of the molecule is C=CCn1c(SCC(=O)N2CC[C@H](C)Sc3ccccc32)nnc1-c1ccccc1OC. The number of rotatable bonds is 7. The molecule has 1 amide bonds. The zero-order chi connectivity index (χ0) is 22.5. The zero-order valence-corrected chi connectivity index (χ0v) is 19.9. The number of fused-ring (bicyclic) bond motifs is 1. The van der Waals surface area contributed by atoms with E-state index < -0.39 is 0 Å². The molecule has 8 heteroatoms. The highest BCUT2D eigenvalue weighted by atomic mass is 32.2. The summed E-state index contributed by atoms with van der Waals surface area (Å²) in [7, 11) is 1.64. The van der Waals surface area contributed by atoms with Crippen LogP contribution in [0.1, 0.15) is 13.3 Å². The van der Waals surface area contributed by atoms with Crippen LogP contribution in [0.5, 0.6) is 5.75 Å². The first-order chi connectivity index (χ1) is 15.6. The van der Waals surface area contributed by atoms with Crippen LogP contribution in [0.25, 0.3) is 11.4 Å². The van der Waals surface area contributed by atoms with E-state index in [4.69, 9.17) is 4.74 Å². The molecule has 166 valence electrons. The van der Waals surface area contributed by atoms with Crippen molar-refractivity contribution in [1.82, 2.24) is 14.8 Å². The van der Waals surface area contributed by atoms with Crippen LogP contribution in [-0.2, 0) is 11.3 Å². The highest BCUT2D eigenvalue weighted by Crippen LogP contribution is 2.38. The number of ether oxygens (including phenoxy) is 1. The lowest BCUT2D eigenvalue weighted by molar-refractivity contribution is -0.116. The zero-order valence-electron chi connectivity index (χ0n) is 18.2. The van der Waals surface area contributed by atoms with Gasteiger partial charge in [0.05, 0.1) is 24.1 Å². The number of methoxy groups -OCH3 is 1. The lowest BCUT2D eigenvalue weighted by Crippen LogP contribution is -2.33. The number of amides is 1. The fourth-order valence-electron chi connectivity index (χ4n) is 3.67. The summed E-state index contributed by atoms with van der Waals surface area (Å²) in [6.07, 6.45) is 2.76. The van der Waals surface area contributed by atoms with Gasteiger partial charge in [-0.25, -0.2) is 0 Å². The van der Waals surface area contributed by atoms with Crippen molar-refractivity contribution in [3.63, 3.8) is 0 Å². The molecule has 1 atom stereocenters. The fraction of sp³-hybridized carbons (Fsp3) is 0.292. The van der Waals surface area contributed by atoms with E-state index >= 15 is 0 Å². The number of aromatic nitrogens is 3. The number of carbonyl (C=O) groups excluding carboxylic acids is 1. The molecule has 0 N–H and O–H groups in total. The first-order valence-corrected chi connectivity index (χ1v) is 12.3. The Morgan fingerprint density at radius 3 is 2.84 bits per heavy atom. The molecule has 0 unspecified atom stereocenters. The van der Waals surface area contributed by atoms with Crippen LogP contribution in [0, 0.1) is 0 Å². The van der Waals surface area contributed by atoms with E-state index in [1.165, 1.54) is 11.8 Å². The quantitative estimate of drug-likeness (QED) is 0.355. The van der Waals surface area contributed by atoms with Crippen LogP contribution < -0.4 is 9.64 Å². The fourth-order valence-corrected chi connectivity index (χ4v) is 5.60. The second-order valence-electron chi connectivity index (χ2n) is 7.42. The minimum Gasteiger partial charge on any atom is -0.496 e. The molecule has 32 heavy (non-hydrogen) atoms. The molecular weight excluding hydrogens is 440 g/mol. The standard InChI is InChI=1S/C24H26N4O2S2/c1-4-14-28-23(18-9-5-7-11-20(18)30-3)25-26-24(28)31-16-22(29)27-15-13-17(2)32-21-12-8-6-10-19(21)27/h4-12,17H,1,13-16H2,2-3H3/t17-/m0/s1. The predicted molar refractivity (Wildman–Crippen MR) is 132 cm³/mol. The maximum absolute atomic E-state index is 13.2. The smallest absolute Gasteiger partial charge is 0.237 e. The van der Waals surface area contributed by atoms with Crippen molar-refractivity contribution in [1.29, 1.82) is 0 Å². The predicted octanol–water partition coefficient (Wildman–Crippen LogP) is 5.15. The Hall–Kier alpha value is -2.71. The van der Waals surface area contributed by atoms with Crippen molar-refractivity contribution in [2.24, 2.45) is 0 Å². The van der Waals surface area contributed by atoms with Crippen molar-refractivity contribution >= 4 is 35.1 Å². The molecule has 3 aromatic rings. The third kappa shape index (κ3) is 4.71. The van der Waals surface area contributed by atoms with E-state index in [1.807, 2.05) is 63.7 Å². The van der Waals surface area contributed by atoms with Crippen LogP contribution in [0.4, 0.5) is 5.69 Å². The van der Waals surface area contributed by atoms with Gasteiger partial charge in [0.25, 0.3) is 0 Å². The van der Waals surface area contributed by atoms with Crippen LogP contribution in [-0.4, -0.2) is 45.3 Å². The maximum Gasteiger partial charge on any atom is 0.237 e. The van der Waals surface area contributed by atoms with Gasteiger partial charge in [0.15, 0.2) is 11.0 Å². The van der Waals surface area contributed by atoms with Crippen LogP contribution in [0.2, 0.25) is 0 Å². The number of para-hydroxylation sites is 2. The summed E-state index contributed by atoms with van der Waals surface area (Å²) in [4.78, 5) is 16.3. The molecule has 0 saturated heterocycles. The first-order valence-electron chi connectivity index (χ1n) is 10.5. The average molecular weight is 467 g/mol. The number of hydrogen-bond donors (Lipinski definition) is 0. The van der Waals surface area contributed by atoms with Gasteiger partial charge in [-0.3, -0.25) is 9.36 Å². The van der Waals surface area contributed by atoms with E-state index in [-0.39, 0.29) is 11.7 Å². The van der Waals surface area contributed by atoms with Crippen molar-refractivity contribution in [2.45, 2.75) is 35.2 Å². The number of nitrogens with zero attached hydrogens (tertiary/aromatic N) is 4. The van der Waals surface area contributed by atoms with Gasteiger partial charge in [0, 0.05) is 23.2 Å². The number of allylic oxidation sites excluding steroid dienone is 1. The van der Waals surface area contributed by atoms with Gasteiger partial charge in [-0.1, -0.05) is 49.0 Å². The number of carbonyl (C=O) groups is 1. The number of hydrogen-bond acceptors (Lipinski definition) is 6. The average Bonchev–Trinajstić information content (AvgIpc) is 3.12. The summed E-state index contributed by atoms with van der Waals surface area (Å²) in [5.41, 5.74) is 1.85. The monoisotopic (exact) mass is 466 g/mol. The Morgan fingerprint density at radius 1 is 1.25 bits per heavy atom. The molecule has 0 fully saturated rings. The Balaban J connectivity index is 1.56. The van der Waals surface area contributed by atoms with Gasteiger partial charge in [-0.15, -0.1) is 28.5 Å². The summed E-state index contributed by atoms with van der Waals surface area (Å²) >= 11 is 3.23. The molecule has 6 nitrogen and oxygen atoms in total. The van der Waals surface area contributed by atoms with Crippen LogP contribution in [0.3, 0.4) is 0 Å². The molecule has 2 heterocycles. The molecule has 1 aliphatic heterocycles. The van der Waals surface area contributed by atoms with Crippen LogP contribution in [0.15, 0.2) is 71.2 Å². The highest BCUT2D eigenvalue weighted by Gasteiger charge is 2.25. The molecule has 0 radical (unpaired) electrons. The third-order valence-electron chi connectivity index (χ3n) is 5.25. The van der Waals surface area contributed by atoms with Crippen LogP contribution >= 0.6 is 23.5 Å². The summed E-state index contributed by atoms with van der Waals surface area (Å²) in [5, 5.41) is 9.94. The largest absolute Gasteiger partial charge is 0.496 e. The molecule has 2 aromatic carbocycles. The van der Waals surface area contributed by atoms with Crippen molar-refractivity contribution in [3.8, 4) is 17.1 Å². The topological polar surface area (TPSA) is 60.2 Å². The Morgan fingerprint density at radius 2 is 2.03 bits per heavy atom. The van der Waals surface area contributed by atoms with Gasteiger partial charge in [0.1, 0.15) is 5.75 Å². The summed E-state index contributed by atoms with van der Waals surface area (Å²) in [6, 6.07) is 15.9. The van der Waals surface area contributed by atoms with E-state index in [0.29, 0.717) is 22.8 Å². The molecule has 1 aromatic heterocycles. The van der Waals surface area contributed by atoms with Gasteiger partial charge in [-0.05, 0) is 30.7 Å². The molecular formula is C24H26N4O2S2. The summed E-state index contributed by atoms with van der Waals surface area (Å²) in [5.74, 6) is 1.78. The van der Waals surface area contributed by atoms with E-state index in [0.717, 1.165) is 34.9 Å². The van der Waals surface area contributed by atoms with E-state index in [1.54, 1.807) is 13.2 Å². The third-order valence-corrected chi connectivity index (χ3v) is 7.43. The minimum absolute atomic E-state index is 0.0733. The molecule has 4 rings (SSSR count). The number of anilines is 1. The maximum atomic E-state index is 13.2. The lowest BCUT2D eigenvalue weighted by atomic mass is 10.2. The van der Waals surface area contributed by atoms with Gasteiger partial charge < -0.3 is 9.64 Å². The van der Waals surface area contributed by atoms with Crippen molar-refractivity contribution < 1.29 is 9.53 Å². The van der Waals surface area contributed by atoms with E-state index in [2.05, 4.69) is 29.8 Å². The second kappa shape index (κ2) is 10.3. The Labute approximate surface area is 197 Å². The lowest BCUT2D eigenvalue weighted by Gasteiger charge is -2.22. The number of thioether (sulfide) groups is 2. The molecule has 0 aliphatic carbocycles. The molecule has 1 aliphatic rings. The van der Waals surface area contributed by atoms with Gasteiger partial charge in [-0.2, -0.15) is 0 Å². The van der Waals surface area contributed by atoms with E-state index in [9.17, 15) is 4.79 Å². The van der Waals surface area contributed by atoms with Gasteiger partial charge >= 0.3 is 0 Å².